The second-order valence-electron chi connectivity index (χ2n) is 5.49. The van der Waals surface area contributed by atoms with Crippen LogP contribution in [0.4, 0.5) is 0 Å². The number of thioether (sulfide) groups is 1. The van der Waals surface area contributed by atoms with Gasteiger partial charge in [-0.15, -0.1) is 0 Å². The zero-order valence-electron chi connectivity index (χ0n) is 12.7. The van der Waals surface area contributed by atoms with Crippen molar-refractivity contribution in [1.29, 1.82) is 0 Å². The zero-order chi connectivity index (χ0) is 14.4. The summed E-state index contributed by atoms with van der Waals surface area (Å²) in [6.45, 7) is 7.63. The molecule has 1 fully saturated rings. The van der Waals surface area contributed by atoms with Crippen LogP contribution in [0, 0.1) is 5.92 Å². The molecule has 1 aromatic carbocycles. The predicted molar refractivity (Wildman–Crippen MR) is 89.3 cm³/mol. The Kier molecular flexibility index (Phi) is 5.77. The van der Waals surface area contributed by atoms with Crippen molar-refractivity contribution in [2.24, 2.45) is 10.9 Å². The standard InChI is InChI=1S/C16H25N3S/c1-13(2)15-12-19(9-10-20-15)16(17-3)18-11-14-7-5-4-6-8-14/h4-8,13,15H,9-12H2,1-3H3,(H,17,18). The van der Waals surface area contributed by atoms with E-state index in [0.717, 1.165) is 31.5 Å². The third kappa shape index (κ3) is 4.17. The van der Waals surface area contributed by atoms with Crippen LogP contribution in [0.1, 0.15) is 19.4 Å². The van der Waals surface area contributed by atoms with Crippen LogP contribution in [0.5, 0.6) is 0 Å². The van der Waals surface area contributed by atoms with Gasteiger partial charge in [0.25, 0.3) is 0 Å². The lowest BCUT2D eigenvalue weighted by Gasteiger charge is -2.36. The average molecular weight is 291 g/mol. The first-order chi connectivity index (χ1) is 9.70. The van der Waals surface area contributed by atoms with Crippen molar-refractivity contribution >= 4 is 17.7 Å². The lowest BCUT2D eigenvalue weighted by atomic mass is 10.1. The molecule has 1 heterocycles. The minimum atomic E-state index is 0.707. The molecule has 0 saturated carbocycles. The van der Waals surface area contributed by atoms with E-state index in [0.29, 0.717) is 5.25 Å². The number of aliphatic imine (C=N–C) groups is 1. The number of hydrogen-bond acceptors (Lipinski definition) is 2. The Morgan fingerprint density at radius 1 is 1.40 bits per heavy atom. The molecule has 0 amide bonds. The first-order valence-electron chi connectivity index (χ1n) is 7.32. The maximum Gasteiger partial charge on any atom is 0.193 e. The molecule has 4 heteroatoms. The molecule has 1 saturated heterocycles. The van der Waals surface area contributed by atoms with E-state index in [1.165, 1.54) is 11.3 Å². The van der Waals surface area contributed by atoms with Crippen LogP contribution in [0.25, 0.3) is 0 Å². The van der Waals surface area contributed by atoms with Crippen molar-refractivity contribution in [2.45, 2.75) is 25.6 Å². The summed E-state index contributed by atoms with van der Waals surface area (Å²) in [5.74, 6) is 2.93. The number of nitrogens with zero attached hydrogens (tertiary/aromatic N) is 2. The Morgan fingerprint density at radius 2 is 2.15 bits per heavy atom. The van der Waals surface area contributed by atoms with Gasteiger partial charge in [0.15, 0.2) is 5.96 Å². The van der Waals surface area contributed by atoms with E-state index in [2.05, 4.69) is 65.1 Å². The van der Waals surface area contributed by atoms with Gasteiger partial charge in [-0.05, 0) is 11.5 Å². The monoisotopic (exact) mass is 291 g/mol. The maximum atomic E-state index is 4.44. The Labute approximate surface area is 126 Å². The second kappa shape index (κ2) is 7.58. The van der Waals surface area contributed by atoms with E-state index in [1.807, 2.05) is 13.1 Å². The van der Waals surface area contributed by atoms with Crippen LogP contribution in [0.3, 0.4) is 0 Å². The number of rotatable bonds is 3. The molecule has 110 valence electrons. The van der Waals surface area contributed by atoms with Crippen LogP contribution in [0.2, 0.25) is 0 Å². The van der Waals surface area contributed by atoms with Crippen molar-refractivity contribution in [2.75, 3.05) is 25.9 Å². The minimum absolute atomic E-state index is 0.707. The van der Waals surface area contributed by atoms with Crippen molar-refractivity contribution in [3.8, 4) is 0 Å². The third-order valence-corrected chi connectivity index (χ3v) is 5.18. The van der Waals surface area contributed by atoms with E-state index < -0.39 is 0 Å². The average Bonchev–Trinajstić information content (AvgIpc) is 2.49. The van der Waals surface area contributed by atoms with Gasteiger partial charge in [-0.2, -0.15) is 11.8 Å². The topological polar surface area (TPSA) is 27.6 Å². The van der Waals surface area contributed by atoms with Gasteiger partial charge in [-0.3, -0.25) is 4.99 Å². The summed E-state index contributed by atoms with van der Waals surface area (Å²) >= 11 is 2.09. The van der Waals surface area contributed by atoms with Gasteiger partial charge in [-0.1, -0.05) is 44.2 Å². The highest BCUT2D eigenvalue weighted by molar-refractivity contribution is 8.00. The van der Waals surface area contributed by atoms with Gasteiger partial charge in [0.1, 0.15) is 0 Å². The molecular weight excluding hydrogens is 266 g/mol. The second-order valence-corrected chi connectivity index (χ2v) is 6.83. The molecular formula is C16H25N3S. The molecule has 0 bridgehead atoms. The molecule has 1 aliphatic rings. The van der Waals surface area contributed by atoms with Crippen LogP contribution < -0.4 is 5.32 Å². The lowest BCUT2D eigenvalue weighted by Crippen LogP contribution is -2.48. The van der Waals surface area contributed by atoms with Crippen LogP contribution in [-0.4, -0.2) is 42.0 Å². The molecule has 2 rings (SSSR count). The van der Waals surface area contributed by atoms with Gasteiger partial charge in [0.05, 0.1) is 0 Å². The van der Waals surface area contributed by atoms with Gasteiger partial charge in [0.2, 0.25) is 0 Å². The van der Waals surface area contributed by atoms with Gasteiger partial charge in [-0.25, -0.2) is 0 Å². The zero-order valence-corrected chi connectivity index (χ0v) is 13.5. The molecule has 0 spiro atoms. The molecule has 1 aliphatic heterocycles. The Bertz CT molecular complexity index is 431. The minimum Gasteiger partial charge on any atom is -0.352 e. The molecule has 0 aromatic heterocycles. The highest BCUT2D eigenvalue weighted by atomic mass is 32.2. The van der Waals surface area contributed by atoms with E-state index in [-0.39, 0.29) is 0 Å². The molecule has 1 N–H and O–H groups in total. The molecule has 0 radical (unpaired) electrons. The van der Waals surface area contributed by atoms with E-state index >= 15 is 0 Å². The molecule has 1 atom stereocenters. The summed E-state index contributed by atoms with van der Waals surface area (Å²) in [5.41, 5.74) is 1.29. The summed E-state index contributed by atoms with van der Waals surface area (Å²) in [7, 11) is 1.87. The van der Waals surface area contributed by atoms with Crippen LogP contribution in [-0.2, 0) is 6.54 Å². The number of benzene rings is 1. The third-order valence-electron chi connectivity index (χ3n) is 3.64. The lowest BCUT2D eigenvalue weighted by molar-refractivity contribution is 0.380. The predicted octanol–water partition coefficient (Wildman–Crippen LogP) is 2.84. The Morgan fingerprint density at radius 3 is 2.80 bits per heavy atom. The fraction of sp³-hybridized carbons (Fsp3) is 0.562. The quantitative estimate of drug-likeness (QED) is 0.685. The largest absolute Gasteiger partial charge is 0.352 e. The van der Waals surface area contributed by atoms with Crippen LogP contribution >= 0.6 is 11.8 Å². The summed E-state index contributed by atoms with van der Waals surface area (Å²) < 4.78 is 0. The van der Waals surface area contributed by atoms with E-state index in [4.69, 9.17) is 0 Å². The van der Waals surface area contributed by atoms with Crippen LogP contribution in [0.15, 0.2) is 35.3 Å². The van der Waals surface area contributed by atoms with Crippen molar-refractivity contribution in [3.63, 3.8) is 0 Å². The highest BCUT2D eigenvalue weighted by Crippen LogP contribution is 2.24. The Balaban J connectivity index is 1.91. The SMILES string of the molecule is CN=C(NCc1ccccc1)N1CCSC(C(C)C)C1. The molecule has 3 nitrogen and oxygen atoms in total. The van der Waals surface area contributed by atoms with Gasteiger partial charge < -0.3 is 10.2 Å². The highest BCUT2D eigenvalue weighted by Gasteiger charge is 2.24. The Hall–Kier alpha value is -1.16. The fourth-order valence-electron chi connectivity index (χ4n) is 2.38. The molecule has 0 aliphatic carbocycles. The summed E-state index contributed by atoms with van der Waals surface area (Å²) in [6.07, 6.45) is 0. The van der Waals surface area contributed by atoms with Gasteiger partial charge in [0, 0.05) is 37.7 Å². The normalized spacial score (nSPS) is 20.3. The van der Waals surface area contributed by atoms with Crippen molar-refractivity contribution in [1.82, 2.24) is 10.2 Å². The summed E-state index contributed by atoms with van der Waals surface area (Å²) in [6, 6.07) is 10.5. The number of nitrogens with one attached hydrogen (secondary N) is 1. The van der Waals surface area contributed by atoms with Crippen molar-refractivity contribution in [3.05, 3.63) is 35.9 Å². The summed E-state index contributed by atoms with van der Waals surface area (Å²) in [5, 5.41) is 4.19. The fourth-order valence-corrected chi connectivity index (χ4v) is 3.68. The number of guanidine groups is 1. The van der Waals surface area contributed by atoms with Gasteiger partial charge >= 0.3 is 0 Å². The summed E-state index contributed by atoms with van der Waals surface area (Å²) in [4.78, 5) is 6.84. The first-order valence-corrected chi connectivity index (χ1v) is 8.36. The van der Waals surface area contributed by atoms with E-state index in [9.17, 15) is 0 Å². The smallest absolute Gasteiger partial charge is 0.193 e. The maximum absolute atomic E-state index is 4.44. The molecule has 1 aromatic rings. The number of hydrogen-bond donors (Lipinski definition) is 1. The first kappa shape index (κ1) is 15.2. The van der Waals surface area contributed by atoms with E-state index in [1.54, 1.807) is 0 Å². The molecule has 1 unspecified atom stereocenters. The van der Waals surface area contributed by atoms with Crippen molar-refractivity contribution < 1.29 is 0 Å². The molecule has 20 heavy (non-hydrogen) atoms.